The number of hydrogen-bond acceptors (Lipinski definition) is 4. The maximum atomic E-state index is 13.3. The molecule has 168 valence electrons. The van der Waals surface area contributed by atoms with Gasteiger partial charge < -0.3 is 10.0 Å². The molecule has 0 unspecified atom stereocenters. The van der Waals surface area contributed by atoms with Gasteiger partial charge in [0.1, 0.15) is 0 Å². The van der Waals surface area contributed by atoms with Gasteiger partial charge in [-0.15, -0.1) is 0 Å². The molecule has 0 bridgehead atoms. The van der Waals surface area contributed by atoms with E-state index in [-0.39, 0.29) is 48.5 Å². The fourth-order valence-corrected chi connectivity index (χ4v) is 6.35. The van der Waals surface area contributed by atoms with Gasteiger partial charge in [-0.3, -0.25) is 4.79 Å². The number of nitrogens with zero attached hydrogens (tertiary/aromatic N) is 2. The lowest BCUT2D eigenvalue weighted by molar-refractivity contribution is -0.158. The molecule has 2 fully saturated rings. The molecule has 3 atom stereocenters. The SMILES string of the molecule is CCCC#Cc1ccc([C@H]2[C@H]3CN(S(=O)(=O)c4ccccc4C)CC(=O)N3[C@H]2CO)cc1. The largest absolute Gasteiger partial charge is 0.394 e. The number of benzene rings is 2. The van der Waals surface area contributed by atoms with Crippen molar-refractivity contribution >= 4 is 15.9 Å². The van der Waals surface area contributed by atoms with Crippen molar-refractivity contribution in [1.29, 1.82) is 0 Å². The maximum Gasteiger partial charge on any atom is 0.243 e. The number of carbonyl (C=O) groups is 1. The summed E-state index contributed by atoms with van der Waals surface area (Å²) in [5.74, 6) is 5.86. The molecule has 0 aromatic heterocycles. The summed E-state index contributed by atoms with van der Waals surface area (Å²) in [6.07, 6.45) is 1.86. The van der Waals surface area contributed by atoms with Gasteiger partial charge in [0, 0.05) is 24.4 Å². The average molecular weight is 453 g/mol. The number of piperazine rings is 1. The topological polar surface area (TPSA) is 77.9 Å². The van der Waals surface area contributed by atoms with Crippen LogP contribution in [0.15, 0.2) is 53.4 Å². The molecular formula is C25H28N2O4S. The quantitative estimate of drug-likeness (QED) is 0.707. The third kappa shape index (κ3) is 3.95. The van der Waals surface area contributed by atoms with Gasteiger partial charge in [0.15, 0.2) is 0 Å². The van der Waals surface area contributed by atoms with Crippen LogP contribution < -0.4 is 0 Å². The van der Waals surface area contributed by atoms with E-state index in [4.69, 9.17) is 0 Å². The number of rotatable bonds is 5. The van der Waals surface area contributed by atoms with Gasteiger partial charge in [-0.2, -0.15) is 4.31 Å². The molecule has 2 aliphatic heterocycles. The Morgan fingerprint density at radius 2 is 1.84 bits per heavy atom. The number of fused-ring (bicyclic) bond motifs is 1. The standard InChI is InChI=1S/C25H28N2O4S/c1-3-4-5-9-19-11-13-20(14-12-19)25-21-15-26(16-24(29)27(21)22(25)17-28)32(30,31)23-10-7-6-8-18(23)2/h6-8,10-14,21-22,25,28H,3-4,15-17H2,1-2H3/t21-,22+,25+/m1/s1. The molecule has 2 aromatic carbocycles. The van der Waals surface area contributed by atoms with E-state index >= 15 is 0 Å². The number of aliphatic hydroxyl groups is 1. The second kappa shape index (κ2) is 9.07. The molecule has 0 aliphatic carbocycles. The summed E-state index contributed by atoms with van der Waals surface area (Å²) in [5, 5.41) is 9.96. The van der Waals surface area contributed by atoms with E-state index in [0.29, 0.717) is 5.56 Å². The van der Waals surface area contributed by atoms with Crippen molar-refractivity contribution in [3.63, 3.8) is 0 Å². The monoisotopic (exact) mass is 452 g/mol. The molecule has 2 saturated heterocycles. The Kier molecular flexibility index (Phi) is 6.38. The summed E-state index contributed by atoms with van der Waals surface area (Å²) in [6.45, 7) is 3.69. The number of amides is 1. The number of hydrogen-bond donors (Lipinski definition) is 1. The van der Waals surface area contributed by atoms with Gasteiger partial charge in [0.25, 0.3) is 0 Å². The molecule has 0 radical (unpaired) electrons. The first kappa shape index (κ1) is 22.5. The van der Waals surface area contributed by atoms with Crippen molar-refractivity contribution in [2.75, 3.05) is 19.7 Å². The zero-order valence-corrected chi connectivity index (χ0v) is 19.2. The van der Waals surface area contributed by atoms with Crippen LogP contribution >= 0.6 is 0 Å². The summed E-state index contributed by atoms with van der Waals surface area (Å²) >= 11 is 0. The van der Waals surface area contributed by atoms with E-state index in [1.807, 2.05) is 24.3 Å². The first-order valence-electron chi connectivity index (χ1n) is 10.9. The highest BCUT2D eigenvalue weighted by atomic mass is 32.2. The zero-order valence-electron chi connectivity index (χ0n) is 18.4. The third-order valence-corrected chi connectivity index (χ3v) is 8.31. The second-order valence-corrected chi connectivity index (χ2v) is 10.3. The second-order valence-electron chi connectivity index (χ2n) is 8.38. The number of sulfonamides is 1. The average Bonchev–Trinajstić information content (AvgIpc) is 2.76. The summed E-state index contributed by atoms with van der Waals surface area (Å²) in [6, 6.07) is 14.0. The molecule has 7 heteroatoms. The van der Waals surface area contributed by atoms with Crippen molar-refractivity contribution < 1.29 is 18.3 Å². The van der Waals surface area contributed by atoms with Crippen molar-refractivity contribution in [1.82, 2.24) is 9.21 Å². The Morgan fingerprint density at radius 3 is 2.50 bits per heavy atom. The Balaban J connectivity index is 1.60. The predicted octanol–water partition coefficient (Wildman–Crippen LogP) is 2.51. The number of carbonyl (C=O) groups excluding carboxylic acids is 1. The lowest BCUT2D eigenvalue weighted by Crippen LogP contribution is -2.73. The van der Waals surface area contributed by atoms with Gasteiger partial charge in [-0.25, -0.2) is 8.42 Å². The molecule has 32 heavy (non-hydrogen) atoms. The molecule has 2 aromatic rings. The van der Waals surface area contributed by atoms with Crippen LogP contribution in [0.5, 0.6) is 0 Å². The van der Waals surface area contributed by atoms with Crippen LogP contribution in [0.3, 0.4) is 0 Å². The van der Waals surface area contributed by atoms with E-state index in [1.165, 1.54) is 4.31 Å². The lowest BCUT2D eigenvalue weighted by Gasteiger charge is -2.58. The van der Waals surface area contributed by atoms with Crippen LogP contribution in [0.1, 0.15) is 42.4 Å². The highest BCUT2D eigenvalue weighted by molar-refractivity contribution is 7.89. The van der Waals surface area contributed by atoms with Crippen molar-refractivity contribution in [3.8, 4) is 11.8 Å². The molecule has 0 saturated carbocycles. The fraction of sp³-hybridized carbons (Fsp3) is 0.400. The third-order valence-electron chi connectivity index (χ3n) is 6.34. The lowest BCUT2D eigenvalue weighted by atomic mass is 9.74. The first-order valence-corrected chi connectivity index (χ1v) is 12.4. The van der Waals surface area contributed by atoms with E-state index in [2.05, 4.69) is 18.8 Å². The van der Waals surface area contributed by atoms with E-state index < -0.39 is 10.0 Å². The summed E-state index contributed by atoms with van der Waals surface area (Å²) in [7, 11) is -3.79. The molecule has 1 N–H and O–H groups in total. The molecule has 4 rings (SSSR count). The van der Waals surface area contributed by atoms with Gasteiger partial charge in [-0.1, -0.05) is 49.1 Å². The predicted molar refractivity (Wildman–Crippen MR) is 122 cm³/mol. The van der Waals surface area contributed by atoms with Crippen LogP contribution in [-0.2, 0) is 14.8 Å². The van der Waals surface area contributed by atoms with Crippen LogP contribution in [0, 0.1) is 18.8 Å². The van der Waals surface area contributed by atoms with E-state index in [9.17, 15) is 18.3 Å². The van der Waals surface area contributed by atoms with Crippen LogP contribution in [0.25, 0.3) is 0 Å². The van der Waals surface area contributed by atoms with Crippen LogP contribution in [0.4, 0.5) is 0 Å². The van der Waals surface area contributed by atoms with Crippen LogP contribution in [-0.4, -0.2) is 60.4 Å². The summed E-state index contributed by atoms with van der Waals surface area (Å²) in [5.41, 5.74) is 2.55. The van der Waals surface area contributed by atoms with Gasteiger partial charge in [-0.05, 0) is 42.7 Å². The Hall–Kier alpha value is -2.66. The van der Waals surface area contributed by atoms with Crippen LogP contribution in [0.2, 0.25) is 0 Å². The molecule has 1 amide bonds. The van der Waals surface area contributed by atoms with Crippen molar-refractivity contribution in [2.45, 2.75) is 49.6 Å². The highest BCUT2D eigenvalue weighted by Gasteiger charge is 2.55. The minimum atomic E-state index is -3.79. The Bertz CT molecular complexity index is 1160. The van der Waals surface area contributed by atoms with E-state index in [1.54, 1.807) is 36.1 Å². The number of aryl methyl sites for hydroxylation is 1. The minimum Gasteiger partial charge on any atom is -0.394 e. The normalized spacial score (nSPS) is 23.2. The first-order chi connectivity index (χ1) is 15.4. The molecule has 2 aliphatic rings. The fourth-order valence-electron chi connectivity index (χ4n) is 4.72. The van der Waals surface area contributed by atoms with Gasteiger partial charge >= 0.3 is 0 Å². The van der Waals surface area contributed by atoms with Gasteiger partial charge in [0.05, 0.1) is 30.1 Å². The Morgan fingerprint density at radius 1 is 1.12 bits per heavy atom. The number of aliphatic hydroxyl groups excluding tert-OH is 1. The zero-order chi connectivity index (χ0) is 22.9. The van der Waals surface area contributed by atoms with E-state index in [0.717, 1.165) is 24.0 Å². The molecule has 6 nitrogen and oxygen atoms in total. The summed E-state index contributed by atoms with van der Waals surface area (Å²) < 4.78 is 27.9. The molecule has 0 spiro atoms. The van der Waals surface area contributed by atoms with Gasteiger partial charge in [0.2, 0.25) is 15.9 Å². The molecule has 2 heterocycles. The van der Waals surface area contributed by atoms with Crippen molar-refractivity contribution in [3.05, 3.63) is 65.2 Å². The summed E-state index contributed by atoms with van der Waals surface area (Å²) in [4.78, 5) is 14.8. The minimum absolute atomic E-state index is 0.128. The molecular weight excluding hydrogens is 424 g/mol. The highest BCUT2D eigenvalue weighted by Crippen LogP contribution is 2.43. The number of unbranched alkanes of at least 4 members (excludes halogenated alkanes) is 1. The Labute approximate surface area is 189 Å². The van der Waals surface area contributed by atoms with Crippen molar-refractivity contribution in [2.24, 2.45) is 0 Å². The maximum absolute atomic E-state index is 13.3. The smallest absolute Gasteiger partial charge is 0.243 e.